The van der Waals surface area contributed by atoms with E-state index in [9.17, 15) is 10.2 Å². The summed E-state index contributed by atoms with van der Waals surface area (Å²) < 4.78 is 0. The first-order valence-electron chi connectivity index (χ1n) is 7.05. The van der Waals surface area contributed by atoms with Crippen molar-refractivity contribution in [2.24, 2.45) is 0 Å². The predicted octanol–water partition coefficient (Wildman–Crippen LogP) is 2.76. The Morgan fingerprint density at radius 3 is 2.33 bits per heavy atom. The highest BCUT2D eigenvalue weighted by atomic mass is 35.5. The maximum Gasteiger partial charge on any atom is 0.129 e. The summed E-state index contributed by atoms with van der Waals surface area (Å²) in [6.07, 6.45) is -0.998. The Balaban J connectivity index is 2.46. The first kappa shape index (κ1) is 16.0. The summed E-state index contributed by atoms with van der Waals surface area (Å²) in [6.45, 7) is 6.30. The van der Waals surface area contributed by atoms with Gasteiger partial charge in [-0.1, -0.05) is 17.7 Å². The highest BCUT2D eigenvalue weighted by Gasteiger charge is 2.15. The fraction of sp³-hybridized carbons (Fsp3) is 0.438. The van der Waals surface area contributed by atoms with Crippen LogP contribution in [0.15, 0.2) is 24.3 Å². The first-order chi connectivity index (χ1) is 9.86. The fourth-order valence-corrected chi connectivity index (χ4v) is 2.59. The molecule has 0 spiro atoms. The molecule has 2 rings (SSSR count). The first-order valence-corrected chi connectivity index (χ1v) is 7.42. The van der Waals surface area contributed by atoms with Gasteiger partial charge in [0.2, 0.25) is 0 Å². The molecular formula is C16H21ClN2O2. The van der Waals surface area contributed by atoms with Gasteiger partial charge >= 0.3 is 0 Å². The summed E-state index contributed by atoms with van der Waals surface area (Å²) in [5, 5.41) is 21.0. The number of aliphatic hydroxyl groups is 2. The highest BCUT2D eigenvalue weighted by molar-refractivity contribution is 6.31. The minimum Gasteiger partial charge on any atom is -0.392 e. The number of halogens is 1. The van der Waals surface area contributed by atoms with Crippen LogP contribution in [0.25, 0.3) is 10.9 Å². The molecule has 0 unspecified atom stereocenters. The second kappa shape index (κ2) is 6.60. The average Bonchev–Trinajstić information content (AvgIpc) is 2.36. The summed E-state index contributed by atoms with van der Waals surface area (Å²) in [6, 6.07) is 7.61. The molecule has 0 bridgehead atoms. The Morgan fingerprint density at radius 1 is 1.14 bits per heavy atom. The molecule has 4 nitrogen and oxygen atoms in total. The number of hydrogen-bond acceptors (Lipinski definition) is 4. The Bertz CT molecular complexity index is 619. The van der Waals surface area contributed by atoms with Gasteiger partial charge in [0.05, 0.1) is 17.7 Å². The number of benzene rings is 1. The van der Waals surface area contributed by atoms with Crippen molar-refractivity contribution in [1.29, 1.82) is 0 Å². The quantitative estimate of drug-likeness (QED) is 0.892. The molecule has 0 fully saturated rings. The molecule has 1 heterocycles. The Morgan fingerprint density at radius 2 is 1.76 bits per heavy atom. The largest absolute Gasteiger partial charge is 0.392 e. The third-order valence-electron chi connectivity index (χ3n) is 3.26. The van der Waals surface area contributed by atoms with Crippen LogP contribution in [-0.2, 0) is 0 Å². The number of fused-ring (bicyclic) bond motifs is 1. The maximum atomic E-state index is 9.65. The van der Waals surface area contributed by atoms with E-state index in [0.717, 1.165) is 22.3 Å². The lowest BCUT2D eigenvalue weighted by Gasteiger charge is -2.27. The van der Waals surface area contributed by atoms with Gasteiger partial charge in [-0.3, -0.25) is 0 Å². The van der Waals surface area contributed by atoms with Gasteiger partial charge < -0.3 is 15.1 Å². The van der Waals surface area contributed by atoms with Gasteiger partial charge in [-0.05, 0) is 44.5 Å². The number of rotatable bonds is 5. The van der Waals surface area contributed by atoms with E-state index in [1.807, 2.05) is 36.1 Å². The number of aromatic nitrogens is 1. The van der Waals surface area contributed by atoms with Crippen LogP contribution in [0.4, 0.5) is 5.82 Å². The topological polar surface area (TPSA) is 56.6 Å². The number of hydrogen-bond donors (Lipinski definition) is 2. The molecule has 5 heteroatoms. The third kappa shape index (κ3) is 4.06. The molecule has 0 aliphatic heterocycles. The molecule has 0 saturated heterocycles. The van der Waals surface area contributed by atoms with E-state index in [1.165, 1.54) is 0 Å². The van der Waals surface area contributed by atoms with Crippen LogP contribution in [0.5, 0.6) is 0 Å². The summed E-state index contributed by atoms with van der Waals surface area (Å²) in [4.78, 5) is 6.51. The predicted molar refractivity (Wildman–Crippen MR) is 87.1 cm³/mol. The van der Waals surface area contributed by atoms with Crippen molar-refractivity contribution >= 4 is 28.3 Å². The number of nitrogens with zero attached hydrogens (tertiary/aromatic N) is 2. The van der Waals surface area contributed by atoms with Gasteiger partial charge in [-0.15, -0.1) is 0 Å². The third-order valence-corrected chi connectivity index (χ3v) is 3.49. The van der Waals surface area contributed by atoms with Gasteiger partial charge in [-0.25, -0.2) is 4.98 Å². The molecule has 114 valence electrons. The zero-order valence-corrected chi connectivity index (χ0v) is 13.3. The standard InChI is InChI=1S/C16H21ClN2O2/c1-10-6-16(19(8-11(2)20)9-12(3)21)18-15-7-13(17)4-5-14(10)15/h4-7,11-12,20-21H,8-9H2,1-3H3/t11-,12+. The van der Waals surface area contributed by atoms with Crippen molar-refractivity contribution in [3.05, 3.63) is 34.9 Å². The minimum absolute atomic E-state index is 0.420. The number of aryl methyl sites for hydroxylation is 1. The molecule has 21 heavy (non-hydrogen) atoms. The van der Waals surface area contributed by atoms with Crippen LogP contribution in [0, 0.1) is 6.92 Å². The second-order valence-electron chi connectivity index (χ2n) is 5.56. The van der Waals surface area contributed by atoms with E-state index in [4.69, 9.17) is 11.6 Å². The smallest absolute Gasteiger partial charge is 0.129 e. The molecule has 0 radical (unpaired) electrons. The van der Waals surface area contributed by atoms with Crippen LogP contribution in [0.1, 0.15) is 19.4 Å². The van der Waals surface area contributed by atoms with Crippen molar-refractivity contribution < 1.29 is 10.2 Å². The highest BCUT2D eigenvalue weighted by Crippen LogP contribution is 2.25. The second-order valence-corrected chi connectivity index (χ2v) is 6.00. The number of aliphatic hydroxyl groups excluding tert-OH is 2. The van der Waals surface area contributed by atoms with Crippen LogP contribution < -0.4 is 4.90 Å². The van der Waals surface area contributed by atoms with E-state index in [-0.39, 0.29) is 0 Å². The summed E-state index contributed by atoms with van der Waals surface area (Å²) >= 11 is 6.04. The summed E-state index contributed by atoms with van der Waals surface area (Å²) in [7, 11) is 0. The Labute approximate surface area is 130 Å². The molecule has 2 aromatic rings. The van der Waals surface area contributed by atoms with Crippen LogP contribution in [0.3, 0.4) is 0 Å². The lowest BCUT2D eigenvalue weighted by molar-refractivity contribution is 0.178. The normalized spacial score (nSPS) is 14.2. The van der Waals surface area contributed by atoms with E-state index in [1.54, 1.807) is 13.8 Å². The van der Waals surface area contributed by atoms with Crippen molar-refractivity contribution in [2.75, 3.05) is 18.0 Å². The molecular weight excluding hydrogens is 288 g/mol. The zero-order valence-electron chi connectivity index (χ0n) is 12.5. The minimum atomic E-state index is -0.499. The fourth-order valence-electron chi connectivity index (χ4n) is 2.42. The monoisotopic (exact) mass is 308 g/mol. The molecule has 0 aliphatic carbocycles. The van der Waals surface area contributed by atoms with Crippen LogP contribution >= 0.6 is 11.6 Å². The lowest BCUT2D eigenvalue weighted by Crippen LogP contribution is -2.37. The van der Waals surface area contributed by atoms with Crippen LogP contribution in [-0.4, -0.2) is 40.5 Å². The van der Waals surface area contributed by atoms with E-state index in [0.29, 0.717) is 18.1 Å². The summed E-state index contributed by atoms with van der Waals surface area (Å²) in [5.41, 5.74) is 1.91. The SMILES string of the molecule is Cc1cc(N(C[C@H](C)O)C[C@@H](C)O)nc2cc(Cl)ccc12. The van der Waals surface area contributed by atoms with Gasteiger partial charge in [0.25, 0.3) is 0 Å². The van der Waals surface area contributed by atoms with Gasteiger partial charge in [-0.2, -0.15) is 0 Å². The molecule has 1 aromatic heterocycles. The molecule has 0 amide bonds. The maximum absolute atomic E-state index is 9.65. The van der Waals surface area contributed by atoms with Crippen molar-refractivity contribution in [3.63, 3.8) is 0 Å². The summed E-state index contributed by atoms with van der Waals surface area (Å²) in [5.74, 6) is 0.740. The van der Waals surface area contributed by atoms with E-state index >= 15 is 0 Å². The molecule has 0 saturated carbocycles. The van der Waals surface area contributed by atoms with Crippen LogP contribution in [0.2, 0.25) is 5.02 Å². The van der Waals surface area contributed by atoms with Crippen molar-refractivity contribution in [3.8, 4) is 0 Å². The Hall–Kier alpha value is -1.36. The Kier molecular flexibility index (Phi) is 5.04. The molecule has 2 N–H and O–H groups in total. The average molecular weight is 309 g/mol. The van der Waals surface area contributed by atoms with Gasteiger partial charge in [0.1, 0.15) is 5.82 Å². The molecule has 2 atom stereocenters. The van der Waals surface area contributed by atoms with E-state index in [2.05, 4.69) is 4.98 Å². The molecule has 0 aliphatic rings. The zero-order chi connectivity index (χ0) is 15.6. The van der Waals surface area contributed by atoms with Crippen molar-refractivity contribution in [2.45, 2.75) is 33.0 Å². The number of pyridine rings is 1. The van der Waals surface area contributed by atoms with Crippen molar-refractivity contribution in [1.82, 2.24) is 4.98 Å². The number of anilines is 1. The van der Waals surface area contributed by atoms with Gasteiger partial charge in [0.15, 0.2) is 0 Å². The molecule has 1 aromatic carbocycles. The lowest BCUT2D eigenvalue weighted by atomic mass is 10.1. The van der Waals surface area contributed by atoms with Gasteiger partial charge in [0, 0.05) is 23.5 Å². The van der Waals surface area contributed by atoms with E-state index < -0.39 is 12.2 Å².